The largest absolute Gasteiger partial charge is 0.368 e. The molecule has 0 aromatic rings. The van der Waals surface area contributed by atoms with Gasteiger partial charge in [-0.05, 0) is 72.3 Å². The molecule has 0 aliphatic heterocycles. The van der Waals surface area contributed by atoms with Crippen LogP contribution in [0.15, 0.2) is 34.9 Å². The number of allylic oxidation sites excluding steroid dienone is 5. The van der Waals surface area contributed by atoms with Crippen LogP contribution < -0.4 is 0 Å². The predicted octanol–water partition coefficient (Wildman–Crippen LogP) is 4.06. The van der Waals surface area contributed by atoms with E-state index in [9.17, 15) is 0 Å². The maximum atomic E-state index is 8.67. The van der Waals surface area contributed by atoms with Crippen molar-refractivity contribution in [3.8, 4) is 0 Å². The topological polar surface area (TPSA) is 80.9 Å². The van der Waals surface area contributed by atoms with E-state index in [2.05, 4.69) is 39.8 Å². The lowest BCUT2D eigenvalue weighted by molar-refractivity contribution is -0.0549. The molecule has 0 fully saturated rings. The zero-order valence-electron chi connectivity index (χ0n) is 16.3. The summed E-state index contributed by atoms with van der Waals surface area (Å²) in [5.74, 6) is 0.389. The summed E-state index contributed by atoms with van der Waals surface area (Å²) in [6, 6.07) is 0. The number of aliphatic hydroxyl groups is 4. The standard InChI is InChI=1S/C10H20O2.C10H18O2/c2*1-8(2)5-4-6-9(3)7-10(11)12/h5,9-12H,4,6-7H2,1-3H3;5,7,10-12H,4,6H2,1-3H3/b;9-7-/t9-;/m0./s1. The molecule has 0 aromatic carbocycles. The van der Waals surface area contributed by atoms with Crippen LogP contribution in [0.3, 0.4) is 0 Å². The van der Waals surface area contributed by atoms with Gasteiger partial charge in [0.25, 0.3) is 0 Å². The third-order valence-corrected chi connectivity index (χ3v) is 3.35. The SMILES string of the molecule is CC(C)=CCC/C(C)=C\C(O)O.CC(C)=CCC[C@H](C)CC(O)O. The maximum absolute atomic E-state index is 8.67. The average molecular weight is 343 g/mol. The Labute approximate surface area is 148 Å². The van der Waals surface area contributed by atoms with Crippen LogP contribution in [0.5, 0.6) is 0 Å². The molecule has 0 saturated heterocycles. The summed E-state index contributed by atoms with van der Waals surface area (Å²) < 4.78 is 0. The first-order valence-corrected chi connectivity index (χ1v) is 8.70. The van der Waals surface area contributed by atoms with Crippen molar-refractivity contribution >= 4 is 0 Å². The lowest BCUT2D eigenvalue weighted by Crippen LogP contribution is -2.09. The molecule has 24 heavy (non-hydrogen) atoms. The molecule has 0 saturated carbocycles. The van der Waals surface area contributed by atoms with Gasteiger partial charge in [0.1, 0.15) is 0 Å². The molecule has 0 bridgehead atoms. The third kappa shape index (κ3) is 23.3. The van der Waals surface area contributed by atoms with E-state index in [1.165, 1.54) is 17.2 Å². The maximum Gasteiger partial charge on any atom is 0.171 e. The first kappa shape index (κ1) is 25.3. The van der Waals surface area contributed by atoms with Gasteiger partial charge in [0, 0.05) is 6.42 Å². The van der Waals surface area contributed by atoms with E-state index in [-0.39, 0.29) is 0 Å². The van der Waals surface area contributed by atoms with Gasteiger partial charge in [-0.2, -0.15) is 0 Å². The Morgan fingerprint density at radius 1 is 0.833 bits per heavy atom. The normalized spacial score (nSPS) is 12.6. The highest BCUT2D eigenvalue weighted by Crippen LogP contribution is 2.12. The van der Waals surface area contributed by atoms with E-state index in [1.54, 1.807) is 0 Å². The average Bonchev–Trinajstić information content (AvgIpc) is 2.36. The molecule has 0 amide bonds. The van der Waals surface area contributed by atoms with Gasteiger partial charge in [-0.15, -0.1) is 0 Å². The van der Waals surface area contributed by atoms with Gasteiger partial charge in [-0.3, -0.25) is 0 Å². The second-order valence-corrected chi connectivity index (χ2v) is 6.93. The fourth-order valence-corrected chi connectivity index (χ4v) is 2.06. The number of hydrogen-bond acceptors (Lipinski definition) is 4. The third-order valence-electron chi connectivity index (χ3n) is 3.35. The van der Waals surface area contributed by atoms with Crippen LogP contribution in [-0.4, -0.2) is 33.0 Å². The fourth-order valence-electron chi connectivity index (χ4n) is 2.06. The Morgan fingerprint density at radius 2 is 1.33 bits per heavy atom. The van der Waals surface area contributed by atoms with Crippen LogP contribution in [0.4, 0.5) is 0 Å². The number of hydrogen-bond donors (Lipinski definition) is 4. The van der Waals surface area contributed by atoms with Gasteiger partial charge in [0.2, 0.25) is 0 Å². The summed E-state index contributed by atoms with van der Waals surface area (Å²) in [4.78, 5) is 0. The minimum atomic E-state index is -1.31. The van der Waals surface area contributed by atoms with Gasteiger partial charge in [0.05, 0.1) is 0 Å². The minimum absolute atomic E-state index is 0.389. The second-order valence-electron chi connectivity index (χ2n) is 6.93. The monoisotopic (exact) mass is 342 g/mol. The summed E-state index contributed by atoms with van der Waals surface area (Å²) >= 11 is 0. The van der Waals surface area contributed by atoms with Crippen molar-refractivity contribution in [3.05, 3.63) is 34.9 Å². The highest BCUT2D eigenvalue weighted by atomic mass is 16.5. The molecule has 0 aromatic heterocycles. The van der Waals surface area contributed by atoms with Gasteiger partial charge in [-0.25, -0.2) is 0 Å². The van der Waals surface area contributed by atoms with Gasteiger partial charge in [-0.1, -0.05) is 35.8 Å². The molecule has 0 spiro atoms. The smallest absolute Gasteiger partial charge is 0.171 e. The van der Waals surface area contributed by atoms with Crippen LogP contribution in [-0.2, 0) is 0 Å². The molecular formula is C20H38O4. The van der Waals surface area contributed by atoms with Gasteiger partial charge in [0.15, 0.2) is 12.6 Å². The number of aliphatic hydroxyl groups excluding tert-OH is 2. The zero-order chi connectivity index (χ0) is 19.1. The first-order valence-electron chi connectivity index (χ1n) is 8.70. The second kappa shape index (κ2) is 15.6. The van der Waals surface area contributed by atoms with Crippen molar-refractivity contribution in [1.82, 2.24) is 0 Å². The van der Waals surface area contributed by atoms with Crippen LogP contribution in [0.2, 0.25) is 0 Å². The molecule has 1 atom stereocenters. The molecule has 4 nitrogen and oxygen atoms in total. The highest BCUT2D eigenvalue weighted by molar-refractivity contribution is 5.02. The van der Waals surface area contributed by atoms with Crippen LogP contribution >= 0.6 is 0 Å². The van der Waals surface area contributed by atoms with Crippen LogP contribution in [0.1, 0.15) is 73.6 Å². The summed E-state index contributed by atoms with van der Waals surface area (Å²) in [5.41, 5.74) is 3.64. The van der Waals surface area contributed by atoms with Crippen LogP contribution in [0, 0.1) is 5.92 Å². The van der Waals surface area contributed by atoms with Crippen molar-refractivity contribution in [2.24, 2.45) is 5.92 Å². The lowest BCUT2D eigenvalue weighted by atomic mass is 10.0. The van der Waals surface area contributed by atoms with E-state index < -0.39 is 12.6 Å². The molecule has 0 aliphatic rings. The first-order chi connectivity index (χ1) is 11.0. The molecule has 0 heterocycles. The van der Waals surface area contributed by atoms with Gasteiger partial charge < -0.3 is 20.4 Å². The minimum Gasteiger partial charge on any atom is -0.368 e. The highest BCUT2D eigenvalue weighted by Gasteiger charge is 2.05. The quantitative estimate of drug-likeness (QED) is 0.376. The molecule has 142 valence electrons. The summed E-state index contributed by atoms with van der Waals surface area (Å²) in [5, 5.41) is 34.5. The van der Waals surface area contributed by atoms with E-state index in [1.807, 2.05) is 13.8 Å². The summed E-state index contributed by atoms with van der Waals surface area (Å²) in [7, 11) is 0. The van der Waals surface area contributed by atoms with Crippen molar-refractivity contribution in [1.29, 1.82) is 0 Å². The molecular weight excluding hydrogens is 304 g/mol. The van der Waals surface area contributed by atoms with E-state index >= 15 is 0 Å². The lowest BCUT2D eigenvalue weighted by Gasteiger charge is -2.10. The molecule has 4 N–H and O–H groups in total. The number of rotatable bonds is 9. The zero-order valence-corrected chi connectivity index (χ0v) is 16.3. The summed E-state index contributed by atoms with van der Waals surface area (Å²) in [6.07, 6.45) is 7.74. The predicted molar refractivity (Wildman–Crippen MR) is 101 cm³/mol. The van der Waals surface area contributed by atoms with E-state index in [4.69, 9.17) is 20.4 Å². The Balaban J connectivity index is 0. The van der Waals surface area contributed by atoms with Gasteiger partial charge >= 0.3 is 0 Å². The molecule has 4 heteroatoms. The van der Waals surface area contributed by atoms with Crippen molar-refractivity contribution in [2.45, 2.75) is 86.2 Å². The Bertz CT molecular complexity index is 384. The van der Waals surface area contributed by atoms with Crippen molar-refractivity contribution < 1.29 is 20.4 Å². The summed E-state index contributed by atoms with van der Waals surface area (Å²) in [6.45, 7) is 12.2. The Hall–Kier alpha value is -0.940. The van der Waals surface area contributed by atoms with Crippen molar-refractivity contribution in [2.75, 3.05) is 0 Å². The molecule has 0 rings (SSSR count). The van der Waals surface area contributed by atoms with E-state index in [0.29, 0.717) is 12.3 Å². The Kier molecular flexibility index (Phi) is 16.4. The molecule has 0 aliphatic carbocycles. The van der Waals surface area contributed by atoms with Crippen LogP contribution in [0.25, 0.3) is 0 Å². The Morgan fingerprint density at radius 3 is 1.75 bits per heavy atom. The fraction of sp³-hybridized carbons (Fsp3) is 0.700. The van der Waals surface area contributed by atoms with E-state index in [0.717, 1.165) is 31.3 Å². The molecule has 0 unspecified atom stereocenters. The molecule has 0 radical (unpaired) electrons. The van der Waals surface area contributed by atoms with Crippen molar-refractivity contribution in [3.63, 3.8) is 0 Å².